The van der Waals surface area contributed by atoms with Crippen molar-refractivity contribution in [3.8, 4) is 11.5 Å². The minimum atomic E-state index is -0.417. The molecule has 0 aliphatic heterocycles. The van der Waals surface area contributed by atoms with Gasteiger partial charge in [0.15, 0.2) is 0 Å². The van der Waals surface area contributed by atoms with Crippen molar-refractivity contribution in [3.63, 3.8) is 0 Å². The van der Waals surface area contributed by atoms with Gasteiger partial charge in [0.25, 0.3) is 0 Å². The number of anilines is 1. The van der Waals surface area contributed by atoms with Crippen LogP contribution in [0.5, 0.6) is 11.5 Å². The van der Waals surface area contributed by atoms with Crippen LogP contribution < -0.4 is 14.4 Å². The molecule has 0 bridgehead atoms. The van der Waals surface area contributed by atoms with E-state index in [1.54, 1.807) is 61.9 Å². The Morgan fingerprint density at radius 3 is 2.04 bits per heavy atom. The third kappa shape index (κ3) is 4.98. The average molecular weight is 374 g/mol. The highest BCUT2D eigenvalue weighted by molar-refractivity contribution is 5.91. The fourth-order valence-electron chi connectivity index (χ4n) is 2.50. The highest BCUT2D eigenvalue weighted by Crippen LogP contribution is 2.19. The second-order valence-corrected chi connectivity index (χ2v) is 6.36. The van der Waals surface area contributed by atoms with Gasteiger partial charge in [0, 0.05) is 26.0 Å². The molecule has 0 fully saturated rings. The minimum absolute atomic E-state index is 0.417. The van der Waals surface area contributed by atoms with Crippen LogP contribution in [-0.2, 0) is 0 Å². The van der Waals surface area contributed by atoms with E-state index >= 15 is 0 Å². The van der Waals surface area contributed by atoms with Crippen molar-refractivity contribution in [2.24, 2.45) is 4.99 Å². The molecule has 0 radical (unpaired) electrons. The van der Waals surface area contributed by atoms with Crippen LogP contribution in [0.4, 0.5) is 11.4 Å². The Morgan fingerprint density at radius 1 is 0.857 bits per heavy atom. The number of aliphatic imine (C=N–C) groups is 1. The molecule has 0 aliphatic rings. The van der Waals surface area contributed by atoms with Crippen LogP contribution in [0.1, 0.15) is 15.9 Å². The van der Waals surface area contributed by atoms with E-state index in [0.29, 0.717) is 17.1 Å². The molecule has 0 spiro atoms. The lowest BCUT2D eigenvalue weighted by atomic mass is 10.2. The summed E-state index contributed by atoms with van der Waals surface area (Å²) in [6.45, 7) is 0. The summed E-state index contributed by atoms with van der Waals surface area (Å²) in [7, 11) is 5.60. The zero-order valence-corrected chi connectivity index (χ0v) is 16.1. The summed E-state index contributed by atoms with van der Waals surface area (Å²) in [6.07, 6.45) is 1.80. The lowest BCUT2D eigenvalue weighted by Gasteiger charge is -2.11. The van der Waals surface area contributed by atoms with Crippen LogP contribution in [-0.4, -0.2) is 33.4 Å². The molecule has 0 aromatic heterocycles. The minimum Gasteiger partial charge on any atom is -0.497 e. The van der Waals surface area contributed by atoms with Crippen molar-refractivity contribution < 1.29 is 14.3 Å². The number of hydrogen-bond donors (Lipinski definition) is 0. The van der Waals surface area contributed by atoms with Crippen molar-refractivity contribution in [2.45, 2.75) is 0 Å². The molecule has 0 heterocycles. The van der Waals surface area contributed by atoms with Crippen molar-refractivity contribution in [1.82, 2.24) is 0 Å². The van der Waals surface area contributed by atoms with Crippen LogP contribution in [0.25, 0.3) is 0 Å². The topological polar surface area (TPSA) is 51.1 Å². The number of hydrogen-bond acceptors (Lipinski definition) is 5. The van der Waals surface area contributed by atoms with Gasteiger partial charge in [0.2, 0.25) is 0 Å². The monoisotopic (exact) mass is 374 g/mol. The first-order chi connectivity index (χ1) is 13.5. The standard InChI is InChI=1S/C23H22N2O3/c1-25(2)20-10-4-17(5-11-20)16-24-19-8-6-18(7-9-19)23(26)28-22-14-12-21(27-3)13-15-22/h4-16H,1-3H3. The van der Waals surface area contributed by atoms with Gasteiger partial charge in [-0.25, -0.2) is 4.79 Å². The summed E-state index contributed by atoms with van der Waals surface area (Å²) in [6, 6.07) is 22.0. The summed E-state index contributed by atoms with van der Waals surface area (Å²) < 4.78 is 10.4. The van der Waals surface area contributed by atoms with Gasteiger partial charge in [-0.15, -0.1) is 0 Å². The number of carbonyl (C=O) groups excluding carboxylic acids is 1. The van der Waals surface area contributed by atoms with Gasteiger partial charge in [-0.1, -0.05) is 12.1 Å². The predicted molar refractivity (Wildman–Crippen MR) is 112 cm³/mol. The van der Waals surface area contributed by atoms with E-state index in [-0.39, 0.29) is 0 Å². The summed E-state index contributed by atoms with van der Waals surface area (Å²) in [4.78, 5) is 18.7. The maximum Gasteiger partial charge on any atom is 0.343 e. The van der Waals surface area contributed by atoms with Gasteiger partial charge in [-0.05, 0) is 66.2 Å². The Bertz CT molecular complexity index is 945. The van der Waals surface area contributed by atoms with Crippen LogP contribution in [0.3, 0.4) is 0 Å². The summed E-state index contributed by atoms with van der Waals surface area (Å²) in [5, 5.41) is 0. The maximum atomic E-state index is 12.3. The quantitative estimate of drug-likeness (QED) is 0.356. The second-order valence-electron chi connectivity index (χ2n) is 6.36. The molecule has 3 aromatic carbocycles. The lowest BCUT2D eigenvalue weighted by molar-refractivity contribution is 0.0734. The van der Waals surface area contributed by atoms with Crippen LogP contribution >= 0.6 is 0 Å². The number of methoxy groups -OCH3 is 1. The summed E-state index contributed by atoms with van der Waals surface area (Å²) >= 11 is 0. The Kier molecular flexibility index (Phi) is 6.07. The Morgan fingerprint density at radius 2 is 1.46 bits per heavy atom. The number of esters is 1. The van der Waals surface area contributed by atoms with Crippen LogP contribution in [0.2, 0.25) is 0 Å². The highest BCUT2D eigenvalue weighted by Gasteiger charge is 2.08. The SMILES string of the molecule is COc1ccc(OC(=O)c2ccc(N=Cc3ccc(N(C)C)cc3)cc2)cc1. The van der Waals surface area contributed by atoms with Gasteiger partial charge < -0.3 is 14.4 Å². The molecule has 0 N–H and O–H groups in total. The van der Waals surface area contributed by atoms with E-state index in [4.69, 9.17) is 9.47 Å². The second kappa shape index (κ2) is 8.86. The van der Waals surface area contributed by atoms with Gasteiger partial charge in [0.1, 0.15) is 11.5 Å². The van der Waals surface area contributed by atoms with Crippen molar-refractivity contribution >= 4 is 23.6 Å². The Balaban J connectivity index is 1.62. The Labute approximate surface area is 164 Å². The fraction of sp³-hybridized carbons (Fsp3) is 0.130. The molecule has 142 valence electrons. The van der Waals surface area contributed by atoms with E-state index in [0.717, 1.165) is 16.9 Å². The molecule has 5 heteroatoms. The van der Waals surface area contributed by atoms with Gasteiger partial charge in [-0.2, -0.15) is 0 Å². The van der Waals surface area contributed by atoms with Crippen molar-refractivity contribution in [3.05, 3.63) is 83.9 Å². The number of benzene rings is 3. The first-order valence-electron chi connectivity index (χ1n) is 8.83. The number of nitrogens with zero attached hydrogens (tertiary/aromatic N) is 2. The van der Waals surface area contributed by atoms with Crippen molar-refractivity contribution in [2.75, 3.05) is 26.1 Å². The van der Waals surface area contributed by atoms with Gasteiger partial charge in [0.05, 0.1) is 18.4 Å². The number of carbonyl (C=O) groups is 1. The number of rotatable bonds is 6. The van der Waals surface area contributed by atoms with E-state index in [1.807, 2.05) is 43.3 Å². The van der Waals surface area contributed by atoms with Gasteiger partial charge in [-0.3, -0.25) is 4.99 Å². The molecular weight excluding hydrogens is 352 g/mol. The third-order valence-electron chi connectivity index (χ3n) is 4.15. The molecule has 0 amide bonds. The molecule has 0 saturated carbocycles. The zero-order chi connectivity index (χ0) is 19.9. The molecule has 0 unspecified atom stereocenters. The largest absolute Gasteiger partial charge is 0.497 e. The van der Waals surface area contributed by atoms with Gasteiger partial charge >= 0.3 is 5.97 Å². The zero-order valence-electron chi connectivity index (χ0n) is 16.1. The van der Waals surface area contributed by atoms with E-state index in [9.17, 15) is 4.79 Å². The molecule has 0 atom stereocenters. The van der Waals surface area contributed by atoms with E-state index < -0.39 is 5.97 Å². The molecule has 5 nitrogen and oxygen atoms in total. The summed E-state index contributed by atoms with van der Waals surface area (Å²) in [5.74, 6) is 0.757. The van der Waals surface area contributed by atoms with E-state index in [2.05, 4.69) is 4.99 Å². The van der Waals surface area contributed by atoms with Crippen molar-refractivity contribution in [1.29, 1.82) is 0 Å². The fourth-order valence-corrected chi connectivity index (χ4v) is 2.50. The first-order valence-corrected chi connectivity index (χ1v) is 8.83. The first kappa shape index (κ1) is 19.2. The number of ether oxygens (including phenoxy) is 2. The molecule has 3 aromatic rings. The predicted octanol–water partition coefficient (Wildman–Crippen LogP) is 4.73. The molecule has 28 heavy (non-hydrogen) atoms. The van der Waals surface area contributed by atoms with Crippen LogP contribution in [0.15, 0.2) is 77.8 Å². The average Bonchev–Trinajstić information content (AvgIpc) is 2.73. The highest BCUT2D eigenvalue weighted by atomic mass is 16.5. The van der Waals surface area contributed by atoms with Crippen LogP contribution in [0, 0.1) is 0 Å². The third-order valence-corrected chi connectivity index (χ3v) is 4.15. The maximum absolute atomic E-state index is 12.3. The molecular formula is C23H22N2O3. The molecule has 0 aliphatic carbocycles. The van der Waals surface area contributed by atoms with E-state index in [1.165, 1.54) is 0 Å². The normalized spacial score (nSPS) is 10.7. The lowest BCUT2D eigenvalue weighted by Crippen LogP contribution is -2.08. The Hall–Kier alpha value is -3.60. The summed E-state index contributed by atoms with van der Waals surface area (Å²) in [5.41, 5.74) is 3.37. The smallest absolute Gasteiger partial charge is 0.343 e. The molecule has 0 saturated heterocycles. The molecule has 3 rings (SSSR count).